The van der Waals surface area contributed by atoms with Crippen LogP contribution in [0.4, 0.5) is 5.69 Å². The van der Waals surface area contributed by atoms with Crippen LogP contribution in [0.2, 0.25) is 0 Å². The lowest BCUT2D eigenvalue weighted by Gasteiger charge is -2.17. The number of carbonyl (C=O) groups excluding carboxylic acids is 1. The lowest BCUT2D eigenvalue weighted by Crippen LogP contribution is -2.23. The number of Topliss-reactive ketones (excluding diaryl/α,β-unsaturated/α-hetero) is 1. The van der Waals surface area contributed by atoms with Crippen LogP contribution in [0.15, 0.2) is 75.7 Å². The molecular formula is C26H24N4O2S2. The van der Waals surface area contributed by atoms with E-state index in [4.69, 9.17) is 4.98 Å². The zero-order valence-corrected chi connectivity index (χ0v) is 20.6. The smallest absolute Gasteiger partial charge is 0.267 e. The van der Waals surface area contributed by atoms with E-state index in [1.807, 2.05) is 60.7 Å². The molecule has 0 fully saturated rings. The highest BCUT2D eigenvalue weighted by atomic mass is 32.2. The van der Waals surface area contributed by atoms with Gasteiger partial charge in [0.15, 0.2) is 16.0 Å². The summed E-state index contributed by atoms with van der Waals surface area (Å²) in [6, 6.07) is 18.9. The summed E-state index contributed by atoms with van der Waals surface area (Å²) in [5.74, 6) is 0.396. The van der Waals surface area contributed by atoms with Crippen LogP contribution in [0.5, 0.6) is 0 Å². The van der Waals surface area contributed by atoms with E-state index in [1.54, 1.807) is 15.9 Å². The van der Waals surface area contributed by atoms with Crippen molar-refractivity contribution in [1.82, 2.24) is 9.55 Å². The number of carbonyl (C=O) groups is 1. The first-order valence-corrected chi connectivity index (χ1v) is 12.8. The number of nitrogens with zero attached hydrogens (tertiary/aromatic N) is 3. The molecule has 0 aliphatic heterocycles. The fourth-order valence-electron chi connectivity index (χ4n) is 4.13. The van der Waals surface area contributed by atoms with E-state index in [0.29, 0.717) is 22.1 Å². The molecule has 0 saturated heterocycles. The van der Waals surface area contributed by atoms with E-state index in [2.05, 4.69) is 17.5 Å². The molecule has 2 heterocycles. The van der Waals surface area contributed by atoms with Gasteiger partial charge in [0, 0.05) is 11.8 Å². The van der Waals surface area contributed by atoms with Gasteiger partial charge in [0.05, 0.1) is 16.8 Å². The Balaban J connectivity index is 1.64. The summed E-state index contributed by atoms with van der Waals surface area (Å²) in [7, 11) is 0. The number of ketones is 1. The molecule has 1 aliphatic rings. The lowest BCUT2D eigenvalue weighted by atomic mass is 9.89. The number of hydrogen-bond donors (Lipinski definition) is 1. The van der Waals surface area contributed by atoms with Gasteiger partial charge < -0.3 is 0 Å². The van der Waals surface area contributed by atoms with Crippen molar-refractivity contribution in [2.45, 2.75) is 38.3 Å². The number of aromatic nitrogens is 2. The van der Waals surface area contributed by atoms with Gasteiger partial charge in [0.25, 0.3) is 5.56 Å². The summed E-state index contributed by atoms with van der Waals surface area (Å²) < 4.78 is 1.61. The van der Waals surface area contributed by atoms with E-state index in [-0.39, 0.29) is 16.4 Å². The largest absolute Gasteiger partial charge is 0.292 e. The third-order valence-electron chi connectivity index (χ3n) is 5.86. The molecule has 1 N–H and O–H groups in total. The average Bonchev–Trinajstić information content (AvgIpc) is 3.20. The van der Waals surface area contributed by atoms with Crippen LogP contribution in [0, 0.1) is 5.92 Å². The summed E-state index contributed by atoms with van der Waals surface area (Å²) in [5, 5.41) is 5.71. The monoisotopic (exact) mass is 488 g/mol. The third kappa shape index (κ3) is 4.43. The van der Waals surface area contributed by atoms with Gasteiger partial charge in [0.2, 0.25) is 0 Å². The molecule has 8 heteroatoms. The SMILES string of the molecule is CC(=O)C(=NNc1ccccc1)Sc1nc2sc3c(c2c(=O)n1-c1ccccc1)CCC(C)C3. The number of thioether (sulfide) groups is 1. The molecule has 0 saturated carbocycles. The predicted octanol–water partition coefficient (Wildman–Crippen LogP) is 5.68. The molecule has 172 valence electrons. The van der Waals surface area contributed by atoms with Crippen molar-refractivity contribution in [1.29, 1.82) is 0 Å². The number of aryl methyl sites for hydroxylation is 1. The number of rotatable bonds is 5. The van der Waals surface area contributed by atoms with Gasteiger partial charge in [-0.2, -0.15) is 5.10 Å². The van der Waals surface area contributed by atoms with E-state index in [1.165, 1.54) is 11.8 Å². The lowest BCUT2D eigenvalue weighted by molar-refractivity contribution is -0.110. The van der Waals surface area contributed by atoms with E-state index >= 15 is 0 Å². The zero-order valence-electron chi connectivity index (χ0n) is 18.9. The molecule has 0 bridgehead atoms. The molecule has 1 unspecified atom stereocenters. The quantitative estimate of drug-likeness (QED) is 0.129. The van der Waals surface area contributed by atoms with Gasteiger partial charge in [0.1, 0.15) is 4.83 Å². The van der Waals surface area contributed by atoms with Crippen molar-refractivity contribution in [3.63, 3.8) is 0 Å². The Morgan fingerprint density at radius 2 is 1.85 bits per heavy atom. The fraction of sp³-hybridized carbons (Fsp3) is 0.231. The number of benzene rings is 2. The minimum Gasteiger partial charge on any atom is -0.292 e. The topological polar surface area (TPSA) is 76.3 Å². The van der Waals surface area contributed by atoms with Crippen LogP contribution >= 0.6 is 23.1 Å². The molecule has 2 aromatic heterocycles. The van der Waals surface area contributed by atoms with Crippen molar-refractivity contribution in [3.05, 3.63) is 81.5 Å². The Kier molecular flexibility index (Phi) is 6.34. The van der Waals surface area contributed by atoms with Gasteiger partial charge in [-0.15, -0.1) is 11.3 Å². The van der Waals surface area contributed by atoms with Gasteiger partial charge >= 0.3 is 0 Å². The highest BCUT2D eigenvalue weighted by Crippen LogP contribution is 2.37. The zero-order chi connectivity index (χ0) is 23.7. The minimum absolute atomic E-state index is 0.0929. The number of anilines is 1. The van der Waals surface area contributed by atoms with Crippen LogP contribution in [0.3, 0.4) is 0 Å². The molecule has 1 atom stereocenters. The van der Waals surface area contributed by atoms with Gasteiger partial charge in [-0.05, 0) is 66.8 Å². The van der Waals surface area contributed by atoms with Crippen molar-refractivity contribution >= 4 is 49.8 Å². The second-order valence-electron chi connectivity index (χ2n) is 8.46. The number of nitrogens with one attached hydrogen (secondary N) is 1. The Morgan fingerprint density at radius 1 is 1.15 bits per heavy atom. The Hall–Kier alpha value is -3.23. The molecule has 5 rings (SSSR count). The number of hydrazone groups is 1. The van der Waals surface area contributed by atoms with E-state index in [9.17, 15) is 9.59 Å². The molecular weight excluding hydrogens is 464 g/mol. The maximum atomic E-state index is 13.9. The van der Waals surface area contributed by atoms with Crippen LogP contribution in [-0.2, 0) is 17.6 Å². The third-order valence-corrected chi connectivity index (χ3v) is 8.04. The standard InChI is InChI=1S/C26H24N4O2S2/c1-16-13-14-20-21(15-16)33-24-22(20)25(32)30(19-11-7-4-8-12-19)26(27-24)34-23(17(2)31)29-28-18-9-5-3-6-10-18/h3-12,16,28H,13-15H2,1-2H3. The number of thiophene rings is 1. The molecule has 0 radical (unpaired) electrons. The van der Waals surface area contributed by atoms with Gasteiger partial charge in [-0.3, -0.25) is 19.6 Å². The van der Waals surface area contributed by atoms with Gasteiger partial charge in [-0.1, -0.05) is 43.3 Å². The molecule has 2 aromatic carbocycles. The molecule has 0 amide bonds. The first-order valence-electron chi connectivity index (χ1n) is 11.2. The Bertz CT molecular complexity index is 1440. The molecule has 1 aliphatic carbocycles. The highest BCUT2D eigenvalue weighted by Gasteiger charge is 2.26. The van der Waals surface area contributed by atoms with Crippen LogP contribution in [0.25, 0.3) is 15.9 Å². The Labute approximate surface area is 205 Å². The van der Waals surface area contributed by atoms with Crippen molar-refractivity contribution in [3.8, 4) is 5.69 Å². The fourth-order valence-corrected chi connectivity index (χ4v) is 6.39. The van der Waals surface area contributed by atoms with E-state index < -0.39 is 0 Å². The van der Waals surface area contributed by atoms with Crippen molar-refractivity contribution < 1.29 is 4.79 Å². The molecule has 4 aromatic rings. The molecule has 6 nitrogen and oxygen atoms in total. The maximum absolute atomic E-state index is 13.9. The minimum atomic E-state index is -0.207. The normalized spacial score (nSPS) is 15.8. The summed E-state index contributed by atoms with van der Waals surface area (Å²) >= 11 is 2.71. The molecule has 0 spiro atoms. The van der Waals surface area contributed by atoms with Crippen LogP contribution in [0.1, 0.15) is 30.7 Å². The average molecular weight is 489 g/mol. The van der Waals surface area contributed by atoms with Crippen LogP contribution < -0.4 is 11.0 Å². The number of fused-ring (bicyclic) bond motifs is 3. The summed E-state index contributed by atoms with van der Waals surface area (Å²) in [4.78, 5) is 33.2. The van der Waals surface area contributed by atoms with Crippen LogP contribution in [-0.4, -0.2) is 20.4 Å². The number of hydrogen-bond acceptors (Lipinski definition) is 7. The first kappa shape index (κ1) is 22.6. The maximum Gasteiger partial charge on any atom is 0.267 e. The molecule has 34 heavy (non-hydrogen) atoms. The second-order valence-corrected chi connectivity index (χ2v) is 10.5. The first-order chi connectivity index (χ1) is 16.5. The highest BCUT2D eigenvalue weighted by molar-refractivity contribution is 8.15. The predicted molar refractivity (Wildman–Crippen MR) is 140 cm³/mol. The summed E-state index contributed by atoms with van der Waals surface area (Å²) in [6.07, 6.45) is 2.95. The summed E-state index contributed by atoms with van der Waals surface area (Å²) in [5.41, 5.74) is 5.47. The van der Waals surface area contributed by atoms with E-state index in [0.717, 1.165) is 47.1 Å². The van der Waals surface area contributed by atoms with Crippen molar-refractivity contribution in [2.75, 3.05) is 5.43 Å². The Morgan fingerprint density at radius 3 is 2.56 bits per heavy atom. The van der Waals surface area contributed by atoms with Gasteiger partial charge in [-0.25, -0.2) is 4.98 Å². The summed E-state index contributed by atoms with van der Waals surface area (Å²) in [6.45, 7) is 3.72. The number of para-hydroxylation sites is 2. The second kappa shape index (κ2) is 9.56. The van der Waals surface area contributed by atoms with Crippen molar-refractivity contribution in [2.24, 2.45) is 11.0 Å².